The average molecular weight is 368 g/mol. The van der Waals surface area contributed by atoms with E-state index in [-0.39, 0.29) is 11.0 Å². The fourth-order valence-electron chi connectivity index (χ4n) is 2.43. The van der Waals surface area contributed by atoms with Gasteiger partial charge in [0, 0.05) is 5.56 Å². The van der Waals surface area contributed by atoms with E-state index in [1.54, 1.807) is 16.8 Å². The predicted molar refractivity (Wildman–Crippen MR) is 101 cm³/mol. The minimum Gasteiger partial charge on any atom is -0.494 e. The van der Waals surface area contributed by atoms with Gasteiger partial charge in [-0.2, -0.15) is 4.68 Å². The molecule has 0 saturated heterocycles. The Balaban J connectivity index is 1.74. The van der Waals surface area contributed by atoms with Crippen molar-refractivity contribution in [2.45, 2.75) is 31.2 Å². The topological polar surface area (TPSA) is 69.9 Å². The minimum atomic E-state index is -0.317. The van der Waals surface area contributed by atoms with E-state index in [9.17, 15) is 4.79 Å². The first kappa shape index (κ1) is 18.1. The molecule has 0 amide bonds. The van der Waals surface area contributed by atoms with E-state index >= 15 is 0 Å². The number of tetrazole rings is 1. The van der Waals surface area contributed by atoms with Crippen molar-refractivity contribution in [3.63, 3.8) is 0 Å². The summed E-state index contributed by atoms with van der Waals surface area (Å²) in [5.74, 6) is 0.782. The van der Waals surface area contributed by atoms with Crippen LogP contribution in [0.25, 0.3) is 5.69 Å². The molecule has 2 aromatic carbocycles. The lowest BCUT2D eigenvalue weighted by molar-refractivity contribution is 0.0994. The highest BCUT2D eigenvalue weighted by molar-refractivity contribution is 8.00. The van der Waals surface area contributed by atoms with E-state index in [0.29, 0.717) is 17.3 Å². The third-order valence-electron chi connectivity index (χ3n) is 3.82. The van der Waals surface area contributed by atoms with Gasteiger partial charge in [0.05, 0.1) is 17.5 Å². The van der Waals surface area contributed by atoms with Crippen LogP contribution in [0.2, 0.25) is 0 Å². The maximum absolute atomic E-state index is 12.7. The summed E-state index contributed by atoms with van der Waals surface area (Å²) in [6, 6.07) is 15.1. The van der Waals surface area contributed by atoms with Crippen molar-refractivity contribution in [2.75, 3.05) is 6.61 Å². The van der Waals surface area contributed by atoms with Crippen LogP contribution in [0.3, 0.4) is 0 Å². The van der Waals surface area contributed by atoms with Crippen molar-refractivity contribution in [1.29, 1.82) is 0 Å². The van der Waals surface area contributed by atoms with Crippen molar-refractivity contribution in [1.82, 2.24) is 20.2 Å². The summed E-state index contributed by atoms with van der Waals surface area (Å²) >= 11 is 1.34. The Morgan fingerprint density at radius 2 is 1.85 bits per heavy atom. The highest BCUT2D eigenvalue weighted by atomic mass is 32.2. The number of aromatic nitrogens is 4. The SMILES string of the molecule is CCOc1ccc(C(=O)[C@H](C)Sc2nnnn2-c2ccc(C)cc2)cc1. The number of thioether (sulfide) groups is 1. The molecule has 0 spiro atoms. The molecule has 1 atom stereocenters. The molecule has 0 N–H and O–H groups in total. The fourth-order valence-corrected chi connectivity index (χ4v) is 3.31. The van der Waals surface area contributed by atoms with Crippen molar-refractivity contribution < 1.29 is 9.53 Å². The molecule has 0 radical (unpaired) electrons. The Morgan fingerprint density at radius 3 is 2.50 bits per heavy atom. The standard InChI is InChI=1S/C19H20N4O2S/c1-4-25-17-11-7-15(8-12-17)18(24)14(3)26-19-20-21-22-23(19)16-9-5-13(2)6-10-16/h5-12,14H,4H2,1-3H3/t14-/m0/s1. The molecule has 1 aromatic heterocycles. The third kappa shape index (κ3) is 4.11. The first-order valence-electron chi connectivity index (χ1n) is 8.37. The van der Waals surface area contributed by atoms with Crippen LogP contribution in [-0.2, 0) is 0 Å². The largest absolute Gasteiger partial charge is 0.494 e. The summed E-state index contributed by atoms with van der Waals surface area (Å²) < 4.78 is 7.06. The van der Waals surface area contributed by atoms with Crippen molar-refractivity contribution in [3.05, 3.63) is 59.7 Å². The molecule has 6 nitrogen and oxygen atoms in total. The molecule has 0 aliphatic carbocycles. The van der Waals surface area contributed by atoms with Gasteiger partial charge in [-0.3, -0.25) is 4.79 Å². The van der Waals surface area contributed by atoms with Gasteiger partial charge in [0.15, 0.2) is 5.78 Å². The molecule has 26 heavy (non-hydrogen) atoms. The van der Waals surface area contributed by atoms with Gasteiger partial charge in [-0.15, -0.1) is 5.10 Å². The number of benzene rings is 2. The van der Waals surface area contributed by atoms with Crippen LogP contribution in [0, 0.1) is 6.92 Å². The van der Waals surface area contributed by atoms with E-state index in [4.69, 9.17) is 4.74 Å². The number of Topliss-reactive ketones (excluding diaryl/α,β-unsaturated/α-hetero) is 1. The number of hydrogen-bond donors (Lipinski definition) is 0. The number of ether oxygens (including phenoxy) is 1. The number of carbonyl (C=O) groups is 1. The van der Waals surface area contributed by atoms with Crippen LogP contribution >= 0.6 is 11.8 Å². The third-order valence-corrected chi connectivity index (χ3v) is 4.85. The van der Waals surface area contributed by atoms with Crippen LogP contribution in [0.5, 0.6) is 5.75 Å². The van der Waals surface area contributed by atoms with Crippen LogP contribution < -0.4 is 4.74 Å². The fraction of sp³-hybridized carbons (Fsp3) is 0.263. The highest BCUT2D eigenvalue weighted by Gasteiger charge is 2.20. The molecule has 0 saturated carbocycles. The molecular weight excluding hydrogens is 348 g/mol. The molecule has 0 bridgehead atoms. The molecule has 0 aliphatic heterocycles. The van der Waals surface area contributed by atoms with E-state index in [2.05, 4.69) is 15.5 Å². The number of carbonyl (C=O) groups excluding carboxylic acids is 1. The van der Waals surface area contributed by atoms with Gasteiger partial charge in [-0.25, -0.2) is 0 Å². The lowest BCUT2D eigenvalue weighted by Gasteiger charge is -2.11. The number of ketones is 1. The molecule has 0 fully saturated rings. The maximum Gasteiger partial charge on any atom is 0.214 e. The first-order chi connectivity index (χ1) is 12.6. The van der Waals surface area contributed by atoms with Crippen molar-refractivity contribution in [3.8, 4) is 11.4 Å². The van der Waals surface area contributed by atoms with Crippen molar-refractivity contribution in [2.24, 2.45) is 0 Å². The molecule has 0 aliphatic rings. The Kier molecular flexibility index (Phi) is 5.68. The van der Waals surface area contributed by atoms with Gasteiger partial charge < -0.3 is 4.74 Å². The van der Waals surface area contributed by atoms with E-state index < -0.39 is 0 Å². The highest BCUT2D eigenvalue weighted by Crippen LogP contribution is 2.26. The van der Waals surface area contributed by atoms with Crippen LogP contribution in [0.15, 0.2) is 53.7 Å². The Labute approximate surface area is 156 Å². The van der Waals surface area contributed by atoms with Crippen LogP contribution in [0.4, 0.5) is 0 Å². The average Bonchev–Trinajstić information content (AvgIpc) is 3.11. The van der Waals surface area contributed by atoms with E-state index in [1.807, 2.05) is 57.2 Å². The van der Waals surface area contributed by atoms with Crippen molar-refractivity contribution >= 4 is 17.5 Å². The monoisotopic (exact) mass is 368 g/mol. The van der Waals surface area contributed by atoms with Gasteiger partial charge in [0.25, 0.3) is 0 Å². The van der Waals surface area contributed by atoms with Gasteiger partial charge in [0.2, 0.25) is 5.16 Å². The number of nitrogens with zero attached hydrogens (tertiary/aromatic N) is 4. The molecule has 134 valence electrons. The molecule has 1 heterocycles. The summed E-state index contributed by atoms with van der Waals surface area (Å²) in [6.45, 7) is 6.41. The molecule has 3 rings (SSSR count). The first-order valence-corrected chi connectivity index (χ1v) is 9.25. The molecule has 3 aromatic rings. The quantitative estimate of drug-likeness (QED) is 0.467. The van der Waals surface area contributed by atoms with Gasteiger partial charge in [-0.05, 0) is 67.6 Å². The van der Waals surface area contributed by atoms with Gasteiger partial charge >= 0.3 is 0 Å². The molecular formula is C19H20N4O2S. The lowest BCUT2D eigenvalue weighted by atomic mass is 10.1. The molecule has 7 heteroatoms. The summed E-state index contributed by atoms with van der Waals surface area (Å²) in [6.07, 6.45) is 0. The van der Waals surface area contributed by atoms with Crippen LogP contribution in [-0.4, -0.2) is 37.8 Å². The summed E-state index contributed by atoms with van der Waals surface area (Å²) in [5.41, 5.74) is 2.67. The second-order valence-electron chi connectivity index (χ2n) is 5.79. The predicted octanol–water partition coefficient (Wildman–Crippen LogP) is 3.73. The minimum absolute atomic E-state index is 0.0245. The van der Waals surface area contributed by atoms with Crippen LogP contribution in [0.1, 0.15) is 29.8 Å². The smallest absolute Gasteiger partial charge is 0.214 e. The summed E-state index contributed by atoms with van der Waals surface area (Å²) in [5, 5.41) is 12.1. The van der Waals surface area contributed by atoms with Gasteiger partial charge in [-0.1, -0.05) is 29.5 Å². The summed E-state index contributed by atoms with van der Waals surface area (Å²) in [4.78, 5) is 12.7. The van der Waals surface area contributed by atoms with E-state index in [1.165, 1.54) is 11.8 Å². The zero-order valence-corrected chi connectivity index (χ0v) is 15.7. The Hall–Kier alpha value is -2.67. The zero-order chi connectivity index (χ0) is 18.5. The zero-order valence-electron chi connectivity index (χ0n) is 14.9. The Bertz CT molecular complexity index is 875. The van der Waals surface area contributed by atoms with Gasteiger partial charge in [0.1, 0.15) is 5.75 Å². The second kappa shape index (κ2) is 8.14. The number of rotatable bonds is 7. The molecule has 0 unspecified atom stereocenters. The maximum atomic E-state index is 12.7. The second-order valence-corrected chi connectivity index (χ2v) is 7.10. The normalized spacial score (nSPS) is 12.0. The summed E-state index contributed by atoms with van der Waals surface area (Å²) in [7, 11) is 0. The lowest BCUT2D eigenvalue weighted by Crippen LogP contribution is -2.14. The Morgan fingerprint density at radius 1 is 1.15 bits per heavy atom. The van der Waals surface area contributed by atoms with E-state index in [0.717, 1.165) is 17.0 Å². The number of aryl methyl sites for hydroxylation is 1. The number of hydrogen-bond acceptors (Lipinski definition) is 6.